The third-order valence-corrected chi connectivity index (χ3v) is 9.24. The molecule has 11 nitrogen and oxygen atoms in total. The number of hydrogen-bond acceptors (Lipinski definition) is 8. The maximum atomic E-state index is 12.9. The molecule has 198 valence electrons. The zero-order valence-electron chi connectivity index (χ0n) is 20.8. The predicted molar refractivity (Wildman–Crippen MR) is 140 cm³/mol. The van der Waals surface area contributed by atoms with Crippen LogP contribution < -0.4 is 5.32 Å². The molecule has 13 heteroatoms. The van der Waals surface area contributed by atoms with Crippen molar-refractivity contribution in [3.8, 4) is 11.5 Å². The highest BCUT2D eigenvalue weighted by Crippen LogP contribution is 2.23. The molecule has 0 radical (unpaired) electrons. The number of benzene rings is 3. The van der Waals surface area contributed by atoms with Crippen LogP contribution in [-0.2, 0) is 26.6 Å². The molecule has 0 saturated carbocycles. The van der Waals surface area contributed by atoms with Gasteiger partial charge in [-0.05, 0) is 54.1 Å². The third-order valence-electron chi connectivity index (χ3n) is 5.60. The van der Waals surface area contributed by atoms with Crippen molar-refractivity contribution in [2.45, 2.75) is 16.3 Å². The van der Waals surface area contributed by atoms with Crippen LogP contribution in [0.5, 0.6) is 0 Å². The molecule has 0 saturated heterocycles. The fraction of sp³-hybridized carbons (Fsp3) is 0.160. The highest BCUT2D eigenvalue weighted by Gasteiger charge is 2.22. The molecule has 4 aromatic rings. The van der Waals surface area contributed by atoms with Gasteiger partial charge in [0.15, 0.2) is 0 Å². The lowest BCUT2D eigenvalue weighted by Gasteiger charge is -2.17. The van der Waals surface area contributed by atoms with Crippen molar-refractivity contribution in [2.24, 2.45) is 0 Å². The van der Waals surface area contributed by atoms with Gasteiger partial charge in [-0.3, -0.25) is 10.1 Å². The monoisotopic (exact) mass is 555 g/mol. The van der Waals surface area contributed by atoms with Gasteiger partial charge in [0, 0.05) is 38.8 Å². The van der Waals surface area contributed by atoms with Gasteiger partial charge in [-0.2, -0.15) is 4.31 Å². The lowest BCUT2D eigenvalue weighted by Crippen LogP contribution is -2.26. The fourth-order valence-electron chi connectivity index (χ4n) is 3.42. The number of carbonyl (C=O) groups excluding carboxylic acids is 1. The summed E-state index contributed by atoms with van der Waals surface area (Å²) < 4.78 is 58.1. The number of rotatable bonds is 9. The first-order valence-corrected chi connectivity index (χ1v) is 14.1. The average Bonchev–Trinajstić information content (AvgIpc) is 3.37. The number of anilines is 1. The molecule has 0 spiro atoms. The van der Waals surface area contributed by atoms with Crippen LogP contribution in [0.2, 0.25) is 0 Å². The molecule has 0 aliphatic heterocycles. The number of sulfonamides is 2. The summed E-state index contributed by atoms with van der Waals surface area (Å²) in [6.45, 7) is 0.207. The molecule has 38 heavy (non-hydrogen) atoms. The van der Waals surface area contributed by atoms with Crippen LogP contribution in [0.4, 0.5) is 6.01 Å². The second-order valence-electron chi connectivity index (χ2n) is 8.45. The molecule has 0 aliphatic carbocycles. The summed E-state index contributed by atoms with van der Waals surface area (Å²) in [6, 6.07) is 20.4. The summed E-state index contributed by atoms with van der Waals surface area (Å²) in [7, 11) is -2.98. The predicted octanol–water partition coefficient (Wildman–Crippen LogP) is 3.06. The number of nitrogens with one attached hydrogen (secondary N) is 1. The van der Waals surface area contributed by atoms with Crippen molar-refractivity contribution in [1.29, 1.82) is 0 Å². The number of amides is 1. The Kier molecular flexibility index (Phi) is 7.73. The molecule has 1 N–H and O–H groups in total. The highest BCUT2D eigenvalue weighted by molar-refractivity contribution is 7.89. The molecule has 1 heterocycles. The molecule has 0 atom stereocenters. The van der Waals surface area contributed by atoms with E-state index in [-0.39, 0.29) is 33.8 Å². The number of hydrogen-bond donors (Lipinski definition) is 1. The molecule has 3 aromatic carbocycles. The highest BCUT2D eigenvalue weighted by atomic mass is 32.2. The molecule has 0 aliphatic rings. The van der Waals surface area contributed by atoms with E-state index in [9.17, 15) is 21.6 Å². The summed E-state index contributed by atoms with van der Waals surface area (Å²) in [5.41, 5.74) is 1.50. The van der Waals surface area contributed by atoms with Gasteiger partial charge >= 0.3 is 6.01 Å². The van der Waals surface area contributed by atoms with Crippen LogP contribution in [0.25, 0.3) is 11.5 Å². The minimum absolute atomic E-state index is 0.0484. The van der Waals surface area contributed by atoms with Crippen LogP contribution in [0, 0.1) is 0 Å². The van der Waals surface area contributed by atoms with Crippen molar-refractivity contribution < 1.29 is 26.0 Å². The topological polar surface area (TPSA) is 143 Å². The minimum atomic E-state index is -3.76. The van der Waals surface area contributed by atoms with E-state index in [0.29, 0.717) is 5.56 Å². The van der Waals surface area contributed by atoms with Crippen LogP contribution in [0.15, 0.2) is 93.1 Å². The average molecular weight is 556 g/mol. The van der Waals surface area contributed by atoms with Crippen LogP contribution >= 0.6 is 0 Å². The quantitative estimate of drug-likeness (QED) is 0.332. The molecule has 0 unspecified atom stereocenters. The van der Waals surface area contributed by atoms with Gasteiger partial charge < -0.3 is 4.42 Å². The third kappa shape index (κ3) is 5.81. The Morgan fingerprint density at radius 1 is 0.789 bits per heavy atom. The van der Waals surface area contributed by atoms with Crippen LogP contribution in [0.1, 0.15) is 15.9 Å². The van der Waals surface area contributed by atoms with Gasteiger partial charge in [-0.15, -0.1) is 5.10 Å². The summed E-state index contributed by atoms with van der Waals surface area (Å²) in [4.78, 5) is 12.8. The van der Waals surface area contributed by atoms with E-state index in [2.05, 4.69) is 15.5 Å². The van der Waals surface area contributed by atoms with Crippen LogP contribution in [-0.4, -0.2) is 62.7 Å². The van der Waals surface area contributed by atoms with E-state index < -0.39 is 26.0 Å². The van der Waals surface area contributed by atoms with Gasteiger partial charge in [0.2, 0.25) is 25.9 Å². The van der Waals surface area contributed by atoms with Crippen molar-refractivity contribution in [3.63, 3.8) is 0 Å². The lowest BCUT2D eigenvalue weighted by molar-refractivity contribution is 0.102. The molecule has 0 bridgehead atoms. The standard InChI is InChI=1S/C25H25N5O6S2/c1-29(2)37(32,33)21-15-11-20(12-16-21)24-27-28-25(36-24)26-23(31)19-9-13-22(14-10-19)38(34,35)30(3)17-18-7-5-4-6-8-18/h4-16H,17H2,1-3H3,(H,26,28,31). The van der Waals surface area contributed by atoms with E-state index in [0.717, 1.165) is 9.87 Å². The summed E-state index contributed by atoms with van der Waals surface area (Å²) in [6.07, 6.45) is 0. The maximum Gasteiger partial charge on any atom is 0.322 e. The smallest absolute Gasteiger partial charge is 0.322 e. The molecule has 0 fully saturated rings. The number of aromatic nitrogens is 2. The lowest BCUT2D eigenvalue weighted by atomic mass is 10.2. The van der Waals surface area contributed by atoms with Gasteiger partial charge in [0.05, 0.1) is 9.79 Å². The Labute approximate surface area is 220 Å². The number of nitrogens with zero attached hydrogens (tertiary/aromatic N) is 4. The van der Waals surface area contributed by atoms with E-state index in [1.54, 1.807) is 0 Å². The molecule has 4 rings (SSSR count). The van der Waals surface area contributed by atoms with Gasteiger partial charge in [-0.1, -0.05) is 35.4 Å². The molecular weight excluding hydrogens is 530 g/mol. The Morgan fingerprint density at radius 3 is 1.97 bits per heavy atom. The largest absolute Gasteiger partial charge is 0.403 e. The minimum Gasteiger partial charge on any atom is -0.403 e. The first-order chi connectivity index (χ1) is 18.0. The van der Waals surface area contributed by atoms with E-state index in [4.69, 9.17) is 4.42 Å². The van der Waals surface area contributed by atoms with Crippen molar-refractivity contribution in [2.75, 3.05) is 26.5 Å². The Bertz CT molecular complexity index is 1630. The zero-order valence-corrected chi connectivity index (χ0v) is 22.4. The number of carbonyl (C=O) groups is 1. The molecule has 1 aromatic heterocycles. The van der Waals surface area contributed by atoms with Gasteiger partial charge in [0.25, 0.3) is 5.91 Å². The maximum absolute atomic E-state index is 12.9. The van der Waals surface area contributed by atoms with E-state index in [1.807, 2.05) is 30.3 Å². The van der Waals surface area contributed by atoms with E-state index >= 15 is 0 Å². The Morgan fingerprint density at radius 2 is 1.37 bits per heavy atom. The summed E-state index contributed by atoms with van der Waals surface area (Å²) in [5, 5.41) is 10.2. The van der Waals surface area contributed by atoms with Crippen LogP contribution in [0.3, 0.4) is 0 Å². The second-order valence-corrected chi connectivity index (χ2v) is 12.6. The summed E-state index contributed by atoms with van der Waals surface area (Å²) >= 11 is 0. The molecule has 1 amide bonds. The normalized spacial score (nSPS) is 12.1. The van der Waals surface area contributed by atoms with Gasteiger partial charge in [0.1, 0.15) is 0 Å². The second kappa shape index (κ2) is 10.8. The molecular formula is C25H25N5O6S2. The Balaban J connectivity index is 1.42. The van der Waals surface area contributed by atoms with Gasteiger partial charge in [-0.25, -0.2) is 21.1 Å². The van der Waals surface area contributed by atoms with Crippen molar-refractivity contribution in [3.05, 3.63) is 90.0 Å². The first-order valence-electron chi connectivity index (χ1n) is 11.3. The zero-order chi connectivity index (χ0) is 27.5. The summed E-state index contributed by atoms with van der Waals surface area (Å²) in [5.74, 6) is -0.494. The first kappa shape index (κ1) is 27.1. The SMILES string of the molecule is CN(C)S(=O)(=O)c1ccc(-c2nnc(NC(=O)c3ccc(S(=O)(=O)N(C)Cc4ccccc4)cc3)o2)cc1. The fourth-order valence-corrected chi connectivity index (χ4v) is 5.48. The van der Waals surface area contributed by atoms with Crippen molar-refractivity contribution in [1.82, 2.24) is 18.8 Å². The van der Waals surface area contributed by atoms with E-state index in [1.165, 1.54) is 74.0 Å². The van der Waals surface area contributed by atoms with Crippen molar-refractivity contribution >= 4 is 32.0 Å². The Hall–Kier alpha value is -3.91.